The third kappa shape index (κ3) is 5.72. The molecule has 3 aromatic heterocycles. The highest BCUT2D eigenvalue weighted by Gasteiger charge is 2.23. The lowest BCUT2D eigenvalue weighted by Gasteiger charge is -2.09. The molecule has 1 amide bonds. The third-order valence-electron chi connectivity index (χ3n) is 5.51. The normalized spacial score (nSPS) is 11.0. The van der Waals surface area contributed by atoms with Crippen LogP contribution in [0.15, 0.2) is 70.6 Å². The van der Waals surface area contributed by atoms with Crippen molar-refractivity contribution in [2.75, 3.05) is 17.7 Å². The number of esters is 1. The van der Waals surface area contributed by atoms with Gasteiger partial charge in [0, 0.05) is 31.9 Å². The molecule has 38 heavy (non-hydrogen) atoms. The Hall–Kier alpha value is -2.95. The van der Waals surface area contributed by atoms with Gasteiger partial charge in [0.15, 0.2) is 0 Å². The molecule has 0 atom stereocenters. The smallest absolute Gasteiger partial charge is 0.341 e. The number of carbonyl (C=O) groups excluding carboxylic acids is 2. The summed E-state index contributed by atoms with van der Waals surface area (Å²) < 4.78 is 5.29. The van der Waals surface area contributed by atoms with Crippen LogP contribution in [0.25, 0.3) is 32.5 Å². The Morgan fingerprint density at radius 3 is 2.21 bits per heavy atom. The second-order valence-corrected chi connectivity index (χ2v) is 11.5. The molecule has 5 rings (SSSR count). The minimum atomic E-state index is -0.495. The van der Waals surface area contributed by atoms with Gasteiger partial charge in [-0.25, -0.2) is 14.8 Å². The molecule has 192 valence electrons. The van der Waals surface area contributed by atoms with E-state index >= 15 is 0 Å². The molecule has 1 N–H and O–H groups in total. The number of hydrogen-bond acceptors (Lipinski definition) is 8. The Bertz CT molecular complexity index is 1620. The molecule has 3 heterocycles. The van der Waals surface area contributed by atoms with Gasteiger partial charge in [-0.3, -0.25) is 4.79 Å². The van der Waals surface area contributed by atoms with Crippen LogP contribution in [0, 0.1) is 0 Å². The number of anilines is 1. The van der Waals surface area contributed by atoms with Gasteiger partial charge in [0.2, 0.25) is 5.91 Å². The molecule has 0 bridgehead atoms. The van der Waals surface area contributed by atoms with E-state index < -0.39 is 5.97 Å². The van der Waals surface area contributed by atoms with Crippen LogP contribution in [0.2, 0.25) is 10.0 Å². The van der Waals surface area contributed by atoms with E-state index in [1.807, 2.05) is 47.2 Å². The third-order valence-corrected chi connectivity index (χ3v) is 8.78. The number of amides is 1. The minimum absolute atomic E-state index is 0.0957. The molecule has 0 saturated heterocycles. The Morgan fingerprint density at radius 1 is 0.921 bits per heavy atom. The fraction of sp³-hybridized carbons (Fsp3) is 0.111. The standard InChI is InChI=1S/C27H19Cl2N3O3S3/c1-2-35-27(34)23-20(16-5-9-18(29)10-6-16)12-37-26(23)32-21(33)13-38-25-22-19(11-36-24(22)30-14-31-25)15-3-7-17(28)8-4-15/h3-12,14H,2,13H2,1H3,(H,32,33). The lowest BCUT2D eigenvalue weighted by Crippen LogP contribution is -2.16. The molecule has 0 aliphatic heterocycles. The van der Waals surface area contributed by atoms with Crippen molar-refractivity contribution in [2.24, 2.45) is 0 Å². The molecule has 0 saturated carbocycles. The average Bonchev–Trinajstić information content (AvgIpc) is 3.53. The maximum absolute atomic E-state index is 13.0. The van der Waals surface area contributed by atoms with Gasteiger partial charge in [0.1, 0.15) is 26.7 Å². The summed E-state index contributed by atoms with van der Waals surface area (Å²) in [6.45, 7) is 1.96. The van der Waals surface area contributed by atoms with Gasteiger partial charge in [0.05, 0.1) is 17.7 Å². The summed E-state index contributed by atoms with van der Waals surface area (Å²) in [4.78, 5) is 35.5. The SMILES string of the molecule is CCOC(=O)c1c(-c2ccc(Cl)cc2)csc1NC(=O)CSc1ncnc2scc(-c3ccc(Cl)cc3)c12. The maximum Gasteiger partial charge on any atom is 0.341 e. The van der Waals surface area contributed by atoms with E-state index in [1.54, 1.807) is 19.1 Å². The summed E-state index contributed by atoms with van der Waals surface area (Å²) in [7, 11) is 0. The van der Waals surface area contributed by atoms with E-state index in [4.69, 9.17) is 27.9 Å². The van der Waals surface area contributed by atoms with Gasteiger partial charge >= 0.3 is 5.97 Å². The highest BCUT2D eigenvalue weighted by molar-refractivity contribution is 8.00. The Balaban J connectivity index is 1.38. The second kappa shape index (κ2) is 11.8. The van der Waals surface area contributed by atoms with Crippen molar-refractivity contribution in [3.05, 3.63) is 81.2 Å². The molecule has 0 spiro atoms. The number of halogens is 2. The van der Waals surface area contributed by atoms with Crippen molar-refractivity contribution in [1.29, 1.82) is 0 Å². The molecule has 2 aromatic carbocycles. The zero-order valence-electron chi connectivity index (χ0n) is 19.9. The fourth-order valence-electron chi connectivity index (χ4n) is 3.79. The van der Waals surface area contributed by atoms with Gasteiger partial charge in [0.25, 0.3) is 0 Å². The molecule has 0 aliphatic carbocycles. The summed E-state index contributed by atoms with van der Waals surface area (Å²) >= 11 is 16.2. The van der Waals surface area contributed by atoms with Crippen molar-refractivity contribution in [1.82, 2.24) is 9.97 Å². The highest BCUT2D eigenvalue weighted by Crippen LogP contribution is 2.39. The summed E-state index contributed by atoms with van der Waals surface area (Å²) in [6, 6.07) is 14.7. The van der Waals surface area contributed by atoms with E-state index in [-0.39, 0.29) is 18.3 Å². The maximum atomic E-state index is 13.0. The molecule has 0 radical (unpaired) electrons. The van der Waals surface area contributed by atoms with Crippen molar-refractivity contribution in [2.45, 2.75) is 11.9 Å². The lowest BCUT2D eigenvalue weighted by molar-refractivity contribution is -0.113. The van der Waals surface area contributed by atoms with Crippen molar-refractivity contribution >= 4 is 84.7 Å². The number of benzene rings is 2. The molecule has 5 aromatic rings. The minimum Gasteiger partial charge on any atom is -0.462 e. The number of thiophene rings is 2. The number of fused-ring (bicyclic) bond motifs is 1. The van der Waals surface area contributed by atoms with Crippen molar-refractivity contribution in [3.8, 4) is 22.3 Å². The first kappa shape index (κ1) is 26.6. The van der Waals surface area contributed by atoms with Gasteiger partial charge < -0.3 is 10.1 Å². The van der Waals surface area contributed by atoms with Crippen LogP contribution in [0.4, 0.5) is 5.00 Å². The number of thioether (sulfide) groups is 1. The van der Waals surface area contributed by atoms with Crippen LogP contribution in [0.1, 0.15) is 17.3 Å². The van der Waals surface area contributed by atoms with Crippen molar-refractivity contribution in [3.63, 3.8) is 0 Å². The van der Waals surface area contributed by atoms with Crippen LogP contribution in [0.5, 0.6) is 0 Å². The Kier molecular flexibility index (Phi) is 8.30. The number of nitrogens with zero attached hydrogens (tertiary/aromatic N) is 2. The summed E-state index contributed by atoms with van der Waals surface area (Å²) in [6.07, 6.45) is 1.50. The first-order valence-corrected chi connectivity index (χ1v) is 14.9. The van der Waals surface area contributed by atoms with Gasteiger partial charge in [-0.15, -0.1) is 22.7 Å². The van der Waals surface area contributed by atoms with Crippen LogP contribution in [0.3, 0.4) is 0 Å². The molecule has 0 unspecified atom stereocenters. The first-order chi connectivity index (χ1) is 18.4. The van der Waals surface area contributed by atoms with E-state index in [2.05, 4.69) is 15.3 Å². The predicted molar refractivity (Wildman–Crippen MR) is 158 cm³/mol. The second-order valence-electron chi connectivity index (χ2n) is 7.93. The zero-order valence-corrected chi connectivity index (χ0v) is 23.8. The Morgan fingerprint density at radius 2 is 1.55 bits per heavy atom. The summed E-state index contributed by atoms with van der Waals surface area (Å²) in [5, 5.41) is 10.0. The van der Waals surface area contributed by atoms with Crippen LogP contribution in [-0.2, 0) is 9.53 Å². The molecule has 0 aliphatic rings. The summed E-state index contributed by atoms with van der Waals surface area (Å²) in [5.41, 5.74) is 3.79. The average molecular weight is 601 g/mol. The van der Waals surface area contributed by atoms with Crippen LogP contribution >= 0.6 is 57.6 Å². The lowest BCUT2D eigenvalue weighted by atomic mass is 10.0. The molecule has 11 heteroatoms. The number of aromatic nitrogens is 2. The van der Waals surface area contributed by atoms with Gasteiger partial charge in [-0.2, -0.15) is 0 Å². The van der Waals surface area contributed by atoms with Crippen molar-refractivity contribution < 1.29 is 14.3 Å². The highest BCUT2D eigenvalue weighted by atomic mass is 35.5. The van der Waals surface area contributed by atoms with Gasteiger partial charge in [-0.1, -0.05) is 59.2 Å². The molecule has 0 fully saturated rings. The quantitative estimate of drug-likeness (QED) is 0.110. The fourth-order valence-corrected chi connectivity index (χ4v) is 6.81. The number of rotatable bonds is 8. The van der Waals surface area contributed by atoms with Crippen LogP contribution < -0.4 is 5.32 Å². The molecule has 6 nitrogen and oxygen atoms in total. The van der Waals surface area contributed by atoms with Gasteiger partial charge in [-0.05, 0) is 42.3 Å². The monoisotopic (exact) mass is 599 g/mol. The summed E-state index contributed by atoms with van der Waals surface area (Å²) in [5.74, 6) is -0.663. The molecular formula is C27H19Cl2N3O3S3. The van der Waals surface area contributed by atoms with E-state index in [0.29, 0.717) is 31.2 Å². The number of nitrogens with one attached hydrogen (secondary N) is 1. The predicted octanol–water partition coefficient (Wildman–Crippen LogP) is 8.30. The van der Waals surface area contributed by atoms with Crippen LogP contribution in [-0.4, -0.2) is 34.2 Å². The van der Waals surface area contributed by atoms with E-state index in [1.165, 1.54) is 40.8 Å². The van der Waals surface area contributed by atoms with E-state index in [0.717, 1.165) is 26.9 Å². The van der Waals surface area contributed by atoms with E-state index in [9.17, 15) is 9.59 Å². The number of hydrogen-bond donors (Lipinski definition) is 1. The largest absolute Gasteiger partial charge is 0.462 e. The zero-order chi connectivity index (χ0) is 26.6. The number of ether oxygens (including phenoxy) is 1. The topological polar surface area (TPSA) is 81.2 Å². The molecular weight excluding hydrogens is 581 g/mol. The Labute approximate surface area is 241 Å². The number of carbonyl (C=O) groups is 2. The first-order valence-electron chi connectivity index (χ1n) is 11.4.